The average molecular weight is 285 g/mol. The van der Waals surface area contributed by atoms with Crippen LogP contribution in [0.5, 0.6) is 0 Å². The maximum absolute atomic E-state index is 6.25. The molecule has 0 aromatic heterocycles. The van der Waals surface area contributed by atoms with Crippen LogP contribution < -0.4 is 29.6 Å². The zero-order chi connectivity index (χ0) is 2.00. The molecule has 11 nitrogen and oxygen atoms in total. The summed E-state index contributed by atoms with van der Waals surface area (Å²) in [5, 5.41) is 6.25. The summed E-state index contributed by atoms with van der Waals surface area (Å²) < 4.78 is 0. The van der Waals surface area contributed by atoms with Crippen LogP contribution in [0, 0.1) is 11.8 Å². The number of hydrogen-bond acceptors (Lipinski definition) is 1. The van der Waals surface area contributed by atoms with Crippen LogP contribution in [0.25, 0.3) is 0 Å². The first-order valence-corrected chi connectivity index (χ1v) is 0.224. The van der Waals surface area contributed by atoms with Crippen LogP contribution in [0.4, 0.5) is 0 Å². The molecule has 99 valence electrons. The van der Waals surface area contributed by atoms with Crippen molar-refractivity contribution in [1.29, 1.82) is 5.26 Å². The molecule has 14 heavy (non-hydrogen) atoms. The first-order chi connectivity index (χ1) is 1.00. The summed E-state index contributed by atoms with van der Waals surface area (Å²) in [5.74, 6) is 0. The largest absolute Gasteiger partial charge is 1.00 e. The van der Waals surface area contributed by atoms with Crippen molar-refractivity contribution < 1.29 is 103 Å². The van der Waals surface area contributed by atoms with E-state index in [0.29, 0.717) is 0 Å². The third-order valence-corrected chi connectivity index (χ3v) is 0. The minimum atomic E-state index is 0. The van der Waals surface area contributed by atoms with E-state index in [1.165, 1.54) is 0 Å². The van der Waals surface area contributed by atoms with Gasteiger partial charge in [-0.3, -0.25) is 0 Å². The van der Waals surface area contributed by atoms with E-state index in [4.69, 9.17) is 11.8 Å². The van der Waals surface area contributed by atoms with Crippen molar-refractivity contribution in [3.8, 4) is 0 Å². The van der Waals surface area contributed by atoms with E-state index in [-0.39, 0.29) is 103 Å². The Kier molecular flexibility index (Phi) is 435000. The van der Waals surface area contributed by atoms with Crippen LogP contribution in [0.1, 0.15) is 1.43 Å². The van der Waals surface area contributed by atoms with E-state index in [0.717, 1.165) is 0 Å². The molecular weight excluding hydrogens is 264 g/mol. The zero-order valence-corrected chi connectivity index (χ0v) is 10.5. The monoisotopic (exact) mass is 285 g/mol. The second-order valence-corrected chi connectivity index (χ2v) is 0. The van der Waals surface area contributed by atoms with Gasteiger partial charge in [0.15, 0.2) is 0 Å². The van der Waals surface area contributed by atoms with E-state index in [9.17, 15) is 0 Å². The molecule has 0 aliphatic carbocycles. The van der Waals surface area contributed by atoms with E-state index in [1.807, 2.05) is 0 Å². The summed E-state index contributed by atoms with van der Waals surface area (Å²) in [4.78, 5) is 0. The second-order valence-electron chi connectivity index (χ2n) is 0. The Morgan fingerprint density at radius 3 is 0.500 bits per heavy atom. The molecule has 0 heterocycles. The molecule has 20 N–H and O–H groups in total. The molecule has 0 saturated carbocycles. The Hall–Kier alpha value is 0.609. The zero-order valence-electron chi connectivity index (χ0n) is 8.33. The Balaban J connectivity index is -0.0000000000641. The molecule has 1 radical (unpaired) electrons. The summed E-state index contributed by atoms with van der Waals surface area (Å²) in [5.41, 5.74) is 0. The first-order valence-electron chi connectivity index (χ1n) is 0.224. The topological polar surface area (TPSA) is 339 Å². The first kappa shape index (κ1) is 1040. The van der Waals surface area contributed by atoms with Gasteiger partial charge < -0.3 is 68.0 Å². The number of rotatable bonds is 0. The molecule has 0 aliphatic rings. The van der Waals surface area contributed by atoms with Crippen LogP contribution in [0.15, 0.2) is 0 Å². The molecule has 13 heteroatoms. The van der Waals surface area contributed by atoms with E-state index in [1.54, 1.807) is 0 Å². The summed E-state index contributed by atoms with van der Waals surface area (Å²) in [6.07, 6.45) is 0. The van der Waals surface area contributed by atoms with Gasteiger partial charge in [-0.05, 0) is 0 Å². The van der Waals surface area contributed by atoms with Crippen molar-refractivity contribution >= 4 is 0 Å². The molecule has 0 aromatic rings. The van der Waals surface area contributed by atoms with Gasteiger partial charge in [0.1, 0.15) is 0 Å². The Bertz CT molecular complexity index is 30.1. The molecule has 0 spiro atoms. The van der Waals surface area contributed by atoms with E-state index in [2.05, 4.69) is 0 Å². The van der Waals surface area contributed by atoms with Crippen molar-refractivity contribution in [2.75, 3.05) is 0 Å². The number of hydrogen-bond donors (Lipinski definition) is 0. The van der Waals surface area contributed by atoms with E-state index < -0.39 is 0 Å². The van der Waals surface area contributed by atoms with Crippen LogP contribution in [0.2, 0.25) is 0 Å². The predicted molar refractivity (Wildman–Crippen MR) is 42.2 cm³/mol. The standard InChI is InChI=1S/CN.Mn.Na.10H2O.H/c1-2;;;;;;;;;;;;;/h;;;10*1H2;/q-1;;+1;;;;;;;;;;;-1. The molecule has 0 aromatic carbocycles. The summed E-state index contributed by atoms with van der Waals surface area (Å²) >= 11 is 0. The molecule has 0 bridgehead atoms. The van der Waals surface area contributed by atoms with Gasteiger partial charge in [0.25, 0.3) is 0 Å². The minimum Gasteiger partial charge on any atom is -1.00 e. The van der Waals surface area contributed by atoms with Gasteiger partial charge >= 0.3 is 29.6 Å². The number of nitrogens with zero attached hydrogens (tertiary/aromatic N) is 1. The quantitative estimate of drug-likeness (QED) is 0.303. The summed E-state index contributed by atoms with van der Waals surface area (Å²) in [7, 11) is 0. The van der Waals surface area contributed by atoms with Gasteiger partial charge in [-0.25, -0.2) is 0 Å². The van der Waals surface area contributed by atoms with Gasteiger partial charge in [0.05, 0.1) is 0 Å². The van der Waals surface area contributed by atoms with Gasteiger partial charge in [-0.15, -0.1) is 0 Å². The van der Waals surface area contributed by atoms with Crippen molar-refractivity contribution in [3.63, 3.8) is 0 Å². The molecule has 0 rings (SSSR count). The SMILES string of the molecule is O.O.O.O.O.O.O.O.O.O.[C-]#N.[H-].[Mn].[Na+]. The second kappa shape index (κ2) is 5830. The Labute approximate surface area is 114 Å². The summed E-state index contributed by atoms with van der Waals surface area (Å²) in [6, 6.07) is 0. The average Bonchev–Trinajstić information content (AvgIpc) is 1.00. The maximum Gasteiger partial charge on any atom is 1.00 e. The molecule has 0 atom stereocenters. The van der Waals surface area contributed by atoms with Crippen LogP contribution in [-0.2, 0) is 17.1 Å². The van der Waals surface area contributed by atoms with Gasteiger partial charge in [-0.1, -0.05) is 0 Å². The fraction of sp³-hybridized carbons (Fsp3) is 0. The van der Waals surface area contributed by atoms with Gasteiger partial charge in [-0.2, -0.15) is 0 Å². The molecule has 0 amide bonds. The smallest absolute Gasteiger partial charge is 1.00 e. The fourth-order valence-electron chi connectivity index (χ4n) is 0. The predicted octanol–water partition coefficient (Wildman–Crippen LogP) is -11.0. The normalized spacial score (nSPS) is 0.143. The van der Waals surface area contributed by atoms with Gasteiger partial charge in [0.2, 0.25) is 0 Å². The fourth-order valence-corrected chi connectivity index (χ4v) is 0. The molecular formula is CH21MnNNaO10-. The molecule has 0 fully saturated rings. The molecule has 0 saturated heterocycles. The maximum atomic E-state index is 6.25. The van der Waals surface area contributed by atoms with Crippen LogP contribution >= 0.6 is 0 Å². The van der Waals surface area contributed by atoms with E-state index >= 15 is 0 Å². The Morgan fingerprint density at radius 1 is 0.500 bits per heavy atom. The van der Waals surface area contributed by atoms with Crippen LogP contribution in [-0.4, -0.2) is 54.8 Å². The van der Waals surface area contributed by atoms with Gasteiger partial charge in [0, 0.05) is 17.1 Å². The third kappa shape index (κ3) is 4580. The van der Waals surface area contributed by atoms with Crippen molar-refractivity contribution in [1.82, 2.24) is 0 Å². The van der Waals surface area contributed by atoms with Crippen molar-refractivity contribution in [3.05, 3.63) is 6.57 Å². The van der Waals surface area contributed by atoms with Crippen LogP contribution in [0.3, 0.4) is 0 Å². The Morgan fingerprint density at radius 2 is 0.500 bits per heavy atom. The van der Waals surface area contributed by atoms with Crippen molar-refractivity contribution in [2.45, 2.75) is 0 Å². The minimum absolute atomic E-state index is 0. The third-order valence-electron chi connectivity index (χ3n) is 0. The van der Waals surface area contributed by atoms with Crippen molar-refractivity contribution in [2.24, 2.45) is 0 Å². The molecule has 0 unspecified atom stereocenters. The summed E-state index contributed by atoms with van der Waals surface area (Å²) in [6.45, 7) is 4.75. The molecule has 0 aliphatic heterocycles.